The zero-order valence-corrected chi connectivity index (χ0v) is 9.81. The van der Waals surface area contributed by atoms with Crippen LogP contribution in [0.4, 0.5) is 5.69 Å². The molecular weight excluding hydrogens is 198 g/mol. The van der Waals surface area contributed by atoms with Crippen LogP contribution in [0.15, 0.2) is 30.6 Å². The first-order valence-electron chi connectivity index (χ1n) is 5.33. The summed E-state index contributed by atoms with van der Waals surface area (Å²) in [5.41, 5.74) is 3.00. The summed E-state index contributed by atoms with van der Waals surface area (Å²) in [7, 11) is 2.06. The predicted molar refractivity (Wildman–Crippen MR) is 64.7 cm³/mol. The minimum absolute atomic E-state index is 0.326. The van der Waals surface area contributed by atoms with Gasteiger partial charge in [0.1, 0.15) is 6.17 Å². The highest BCUT2D eigenvalue weighted by Crippen LogP contribution is 2.27. The van der Waals surface area contributed by atoms with Gasteiger partial charge in [0.05, 0.1) is 11.6 Å². The molecule has 3 heteroatoms. The highest BCUT2D eigenvalue weighted by molar-refractivity contribution is 5.59. The third-order valence-electron chi connectivity index (χ3n) is 3.06. The van der Waals surface area contributed by atoms with Gasteiger partial charge in [-0.3, -0.25) is 0 Å². The zero-order valence-electron chi connectivity index (χ0n) is 9.81. The van der Waals surface area contributed by atoms with Crippen LogP contribution < -0.4 is 4.90 Å². The molecule has 0 N–H and O–H groups in total. The summed E-state index contributed by atoms with van der Waals surface area (Å²) in [6.45, 7) is 4.19. The molecule has 0 radical (unpaired) electrons. The van der Waals surface area contributed by atoms with Crippen molar-refractivity contribution in [2.75, 3.05) is 11.9 Å². The summed E-state index contributed by atoms with van der Waals surface area (Å²) < 4.78 is 0. The van der Waals surface area contributed by atoms with Crippen LogP contribution in [0.5, 0.6) is 0 Å². The van der Waals surface area contributed by atoms with Crippen molar-refractivity contribution in [2.24, 2.45) is 0 Å². The maximum Gasteiger partial charge on any atom is 0.102 e. The van der Waals surface area contributed by atoms with E-state index in [-0.39, 0.29) is 0 Å². The smallest absolute Gasteiger partial charge is 0.102 e. The highest BCUT2D eigenvalue weighted by atomic mass is 15.4. The molecule has 0 aromatic heterocycles. The molecule has 16 heavy (non-hydrogen) atoms. The monoisotopic (exact) mass is 213 g/mol. The Kier molecular flexibility index (Phi) is 2.57. The Morgan fingerprint density at radius 1 is 1.31 bits per heavy atom. The minimum atomic E-state index is 0.326. The molecule has 0 bridgehead atoms. The number of aryl methyl sites for hydroxylation is 1. The normalized spacial score (nSPS) is 19.0. The first-order chi connectivity index (χ1) is 7.63. The second kappa shape index (κ2) is 3.90. The van der Waals surface area contributed by atoms with Gasteiger partial charge in [-0.15, -0.1) is 0 Å². The highest BCUT2D eigenvalue weighted by Gasteiger charge is 2.21. The number of nitrogens with zero attached hydrogens (tertiary/aromatic N) is 3. The third-order valence-corrected chi connectivity index (χ3v) is 3.06. The van der Waals surface area contributed by atoms with Crippen LogP contribution in [0.25, 0.3) is 0 Å². The van der Waals surface area contributed by atoms with Crippen molar-refractivity contribution in [2.45, 2.75) is 20.0 Å². The SMILES string of the molecule is Cc1cc(C#N)ccc1N1C=CN(C)C1C. The number of rotatable bonds is 1. The van der Waals surface area contributed by atoms with E-state index in [9.17, 15) is 0 Å². The second-order valence-corrected chi connectivity index (χ2v) is 4.12. The molecule has 0 aliphatic carbocycles. The number of benzene rings is 1. The van der Waals surface area contributed by atoms with E-state index in [1.165, 1.54) is 0 Å². The average Bonchev–Trinajstić information content (AvgIpc) is 2.60. The minimum Gasteiger partial charge on any atom is -0.359 e. The van der Waals surface area contributed by atoms with Gasteiger partial charge in [0.2, 0.25) is 0 Å². The van der Waals surface area contributed by atoms with Gasteiger partial charge in [-0.2, -0.15) is 5.26 Å². The number of hydrogen-bond donors (Lipinski definition) is 0. The summed E-state index contributed by atoms with van der Waals surface area (Å²) >= 11 is 0. The summed E-state index contributed by atoms with van der Waals surface area (Å²) in [6, 6.07) is 7.95. The summed E-state index contributed by atoms with van der Waals surface area (Å²) in [6.07, 6.45) is 4.45. The standard InChI is InChI=1S/C13H15N3/c1-10-8-12(9-14)4-5-13(10)16-7-6-15(3)11(16)2/h4-8,11H,1-3H3. The van der Waals surface area contributed by atoms with E-state index in [2.05, 4.69) is 42.2 Å². The number of anilines is 1. The van der Waals surface area contributed by atoms with Crippen molar-refractivity contribution in [1.82, 2.24) is 4.90 Å². The second-order valence-electron chi connectivity index (χ2n) is 4.12. The topological polar surface area (TPSA) is 30.3 Å². The Bertz CT molecular complexity index is 471. The van der Waals surface area contributed by atoms with Crippen LogP contribution in [0.3, 0.4) is 0 Å². The molecule has 0 saturated heterocycles. The van der Waals surface area contributed by atoms with E-state index in [1.807, 2.05) is 25.1 Å². The van der Waals surface area contributed by atoms with E-state index in [1.54, 1.807) is 0 Å². The quantitative estimate of drug-likeness (QED) is 0.717. The molecule has 1 aromatic carbocycles. The maximum atomic E-state index is 8.83. The van der Waals surface area contributed by atoms with E-state index >= 15 is 0 Å². The summed E-state index contributed by atoms with van der Waals surface area (Å²) in [5, 5.41) is 8.83. The Hall–Kier alpha value is -1.95. The Morgan fingerprint density at radius 2 is 2.06 bits per heavy atom. The molecule has 1 aliphatic heterocycles. The summed E-state index contributed by atoms with van der Waals surface area (Å²) in [4.78, 5) is 4.36. The molecule has 0 spiro atoms. The fourth-order valence-corrected chi connectivity index (χ4v) is 1.92. The van der Waals surface area contributed by atoms with Crippen molar-refractivity contribution < 1.29 is 0 Å². The molecule has 0 amide bonds. The Labute approximate surface area is 96.2 Å². The molecule has 1 unspecified atom stereocenters. The van der Waals surface area contributed by atoms with Crippen molar-refractivity contribution in [1.29, 1.82) is 5.26 Å². The van der Waals surface area contributed by atoms with Gasteiger partial charge in [-0.05, 0) is 37.6 Å². The number of hydrogen-bond acceptors (Lipinski definition) is 3. The van der Waals surface area contributed by atoms with Gasteiger partial charge in [-0.1, -0.05) is 0 Å². The lowest BCUT2D eigenvalue weighted by Gasteiger charge is -2.28. The van der Waals surface area contributed by atoms with E-state index in [0.717, 1.165) is 11.3 Å². The lowest BCUT2D eigenvalue weighted by molar-refractivity contribution is 0.383. The Morgan fingerprint density at radius 3 is 2.56 bits per heavy atom. The van der Waals surface area contributed by atoms with Gasteiger partial charge in [0.15, 0.2) is 0 Å². The molecule has 0 saturated carbocycles. The molecule has 1 aromatic rings. The lowest BCUT2D eigenvalue weighted by Crippen LogP contribution is -2.33. The maximum absolute atomic E-state index is 8.83. The van der Waals surface area contributed by atoms with Crippen molar-refractivity contribution >= 4 is 5.69 Å². The van der Waals surface area contributed by atoms with Crippen LogP contribution in [-0.4, -0.2) is 18.1 Å². The van der Waals surface area contributed by atoms with Crippen LogP contribution >= 0.6 is 0 Å². The van der Waals surface area contributed by atoms with Crippen molar-refractivity contribution in [3.63, 3.8) is 0 Å². The molecule has 3 nitrogen and oxygen atoms in total. The Balaban J connectivity index is 2.36. The van der Waals surface area contributed by atoms with E-state index < -0.39 is 0 Å². The van der Waals surface area contributed by atoms with Crippen LogP contribution in [-0.2, 0) is 0 Å². The first kappa shape index (κ1) is 10.6. The zero-order chi connectivity index (χ0) is 11.7. The molecular formula is C13H15N3. The van der Waals surface area contributed by atoms with Crippen LogP contribution in [0.2, 0.25) is 0 Å². The average molecular weight is 213 g/mol. The molecule has 1 atom stereocenters. The van der Waals surface area contributed by atoms with Gasteiger partial charge in [0.25, 0.3) is 0 Å². The van der Waals surface area contributed by atoms with Crippen LogP contribution in [0.1, 0.15) is 18.1 Å². The molecule has 82 valence electrons. The van der Waals surface area contributed by atoms with Crippen molar-refractivity contribution in [3.05, 3.63) is 41.7 Å². The van der Waals surface area contributed by atoms with Gasteiger partial charge in [0, 0.05) is 25.1 Å². The molecule has 0 fully saturated rings. The fraction of sp³-hybridized carbons (Fsp3) is 0.308. The number of nitriles is 1. The molecule has 1 heterocycles. The fourth-order valence-electron chi connectivity index (χ4n) is 1.92. The summed E-state index contributed by atoms with van der Waals surface area (Å²) in [5.74, 6) is 0. The predicted octanol–water partition coefficient (Wildman–Crippen LogP) is 2.44. The molecule has 1 aliphatic rings. The van der Waals surface area contributed by atoms with Gasteiger partial charge < -0.3 is 9.80 Å². The van der Waals surface area contributed by atoms with E-state index in [0.29, 0.717) is 11.7 Å². The largest absolute Gasteiger partial charge is 0.359 e. The van der Waals surface area contributed by atoms with Crippen LogP contribution in [0, 0.1) is 18.3 Å². The lowest BCUT2D eigenvalue weighted by atomic mass is 10.1. The first-order valence-corrected chi connectivity index (χ1v) is 5.33. The van der Waals surface area contributed by atoms with Crippen molar-refractivity contribution in [3.8, 4) is 6.07 Å². The van der Waals surface area contributed by atoms with Gasteiger partial charge in [-0.25, -0.2) is 0 Å². The third kappa shape index (κ3) is 1.63. The molecule has 2 rings (SSSR count). The van der Waals surface area contributed by atoms with E-state index in [4.69, 9.17) is 5.26 Å². The van der Waals surface area contributed by atoms with Gasteiger partial charge >= 0.3 is 0 Å².